The van der Waals surface area contributed by atoms with Crippen molar-refractivity contribution in [2.45, 2.75) is 13.3 Å². The second-order valence-electron chi connectivity index (χ2n) is 4.50. The quantitative estimate of drug-likeness (QED) is 0.918. The molecule has 1 amide bonds. The molecule has 0 atom stereocenters. The highest BCUT2D eigenvalue weighted by atomic mass is 16.7. The van der Waals surface area contributed by atoms with Crippen molar-refractivity contribution in [3.8, 4) is 11.5 Å². The molecule has 0 fully saturated rings. The second kappa shape index (κ2) is 5.24. The van der Waals surface area contributed by atoms with E-state index in [9.17, 15) is 4.79 Å². The van der Waals surface area contributed by atoms with Crippen molar-refractivity contribution in [1.82, 2.24) is 10.5 Å². The topological polar surface area (TPSA) is 73.6 Å². The first-order valence-electron chi connectivity index (χ1n) is 6.32. The lowest BCUT2D eigenvalue weighted by Crippen LogP contribution is -2.25. The summed E-state index contributed by atoms with van der Waals surface area (Å²) < 4.78 is 15.4. The molecule has 20 heavy (non-hydrogen) atoms. The third-order valence-electron chi connectivity index (χ3n) is 2.98. The largest absolute Gasteiger partial charge is 0.454 e. The number of fused-ring (bicyclic) bond motifs is 1. The molecule has 0 spiro atoms. The van der Waals surface area contributed by atoms with Crippen LogP contribution in [0.3, 0.4) is 0 Å². The van der Waals surface area contributed by atoms with Gasteiger partial charge in [0.25, 0.3) is 5.91 Å². The Labute approximate surface area is 115 Å². The van der Waals surface area contributed by atoms with Gasteiger partial charge in [-0.25, -0.2) is 0 Å². The molecule has 6 nitrogen and oxygen atoms in total. The average Bonchev–Trinajstić information content (AvgIpc) is 3.06. The highest BCUT2D eigenvalue weighted by molar-refractivity contribution is 5.94. The van der Waals surface area contributed by atoms with Gasteiger partial charge in [0.1, 0.15) is 5.76 Å². The summed E-state index contributed by atoms with van der Waals surface area (Å²) in [5.41, 5.74) is 1.37. The third-order valence-corrected chi connectivity index (χ3v) is 2.98. The number of aryl methyl sites for hydroxylation is 1. The fraction of sp³-hybridized carbons (Fsp3) is 0.286. The normalized spacial score (nSPS) is 12.4. The van der Waals surface area contributed by atoms with Crippen molar-refractivity contribution in [3.63, 3.8) is 0 Å². The number of carbonyl (C=O) groups excluding carboxylic acids is 1. The Balaban J connectivity index is 1.56. The van der Waals surface area contributed by atoms with E-state index in [1.54, 1.807) is 18.2 Å². The van der Waals surface area contributed by atoms with Crippen LogP contribution in [0.5, 0.6) is 11.5 Å². The van der Waals surface area contributed by atoms with Crippen LogP contribution in [0, 0.1) is 6.92 Å². The minimum Gasteiger partial charge on any atom is -0.454 e. The number of aromatic nitrogens is 1. The molecule has 0 radical (unpaired) electrons. The van der Waals surface area contributed by atoms with Gasteiger partial charge in [0.15, 0.2) is 11.5 Å². The molecule has 1 N–H and O–H groups in total. The summed E-state index contributed by atoms with van der Waals surface area (Å²) in [6.45, 7) is 2.53. The van der Waals surface area contributed by atoms with Gasteiger partial charge in [0.2, 0.25) is 6.79 Å². The second-order valence-corrected chi connectivity index (χ2v) is 4.50. The number of nitrogens with zero attached hydrogens (tertiary/aromatic N) is 1. The first-order chi connectivity index (χ1) is 9.72. The summed E-state index contributed by atoms with van der Waals surface area (Å²) in [6, 6.07) is 6.98. The number of hydrogen-bond acceptors (Lipinski definition) is 5. The summed E-state index contributed by atoms with van der Waals surface area (Å²) >= 11 is 0. The lowest BCUT2D eigenvalue weighted by molar-refractivity contribution is 0.0953. The minimum absolute atomic E-state index is 0.150. The number of benzene rings is 1. The Kier molecular flexibility index (Phi) is 3.28. The molecule has 0 unspecified atom stereocenters. The van der Waals surface area contributed by atoms with E-state index in [2.05, 4.69) is 10.5 Å². The molecule has 0 saturated carbocycles. The molecule has 6 heteroatoms. The highest BCUT2D eigenvalue weighted by Crippen LogP contribution is 2.32. The molecule has 1 aliphatic heterocycles. The monoisotopic (exact) mass is 274 g/mol. The van der Waals surface area contributed by atoms with E-state index in [0.29, 0.717) is 30.0 Å². The van der Waals surface area contributed by atoms with Crippen LogP contribution in [-0.4, -0.2) is 24.4 Å². The zero-order valence-corrected chi connectivity index (χ0v) is 11.0. The van der Waals surface area contributed by atoms with Crippen LogP contribution in [-0.2, 0) is 6.42 Å². The van der Waals surface area contributed by atoms with Crippen molar-refractivity contribution < 1.29 is 18.8 Å². The van der Waals surface area contributed by atoms with Crippen LogP contribution in [0.1, 0.15) is 21.8 Å². The molecule has 1 aromatic heterocycles. The van der Waals surface area contributed by atoms with Crippen LogP contribution in [0.2, 0.25) is 0 Å². The van der Waals surface area contributed by atoms with Gasteiger partial charge in [-0.15, -0.1) is 0 Å². The zero-order valence-electron chi connectivity index (χ0n) is 11.0. The molecular weight excluding hydrogens is 260 g/mol. The van der Waals surface area contributed by atoms with Gasteiger partial charge in [-0.3, -0.25) is 4.79 Å². The first kappa shape index (κ1) is 12.5. The first-order valence-corrected chi connectivity index (χ1v) is 6.32. The highest BCUT2D eigenvalue weighted by Gasteiger charge is 2.16. The summed E-state index contributed by atoms with van der Waals surface area (Å²) in [6.07, 6.45) is 0.633. The Morgan fingerprint density at radius 2 is 2.15 bits per heavy atom. The van der Waals surface area contributed by atoms with Crippen LogP contribution >= 0.6 is 0 Å². The average molecular weight is 274 g/mol. The van der Waals surface area contributed by atoms with Crippen molar-refractivity contribution in [2.24, 2.45) is 0 Å². The summed E-state index contributed by atoms with van der Waals surface area (Å²) in [7, 11) is 0. The molecule has 2 heterocycles. The van der Waals surface area contributed by atoms with Gasteiger partial charge in [-0.2, -0.15) is 0 Å². The van der Waals surface area contributed by atoms with Crippen LogP contribution < -0.4 is 14.8 Å². The standard InChI is InChI=1S/C14H14N2O4/c1-9-6-11(16-20-9)4-5-15-14(17)10-2-3-12-13(7-10)19-8-18-12/h2-3,6-7H,4-5,8H2,1H3,(H,15,17). The van der Waals surface area contributed by atoms with E-state index in [0.717, 1.165) is 11.5 Å². The third kappa shape index (κ3) is 2.59. The van der Waals surface area contributed by atoms with Gasteiger partial charge in [0, 0.05) is 24.6 Å². The van der Waals surface area contributed by atoms with Gasteiger partial charge in [0.05, 0.1) is 5.69 Å². The summed E-state index contributed by atoms with van der Waals surface area (Å²) in [4.78, 5) is 12.0. The van der Waals surface area contributed by atoms with Crippen LogP contribution in [0.25, 0.3) is 0 Å². The Morgan fingerprint density at radius 3 is 2.95 bits per heavy atom. The molecule has 1 aromatic carbocycles. The van der Waals surface area contributed by atoms with Gasteiger partial charge < -0.3 is 19.3 Å². The molecule has 0 aliphatic carbocycles. The van der Waals surface area contributed by atoms with Gasteiger partial charge in [-0.05, 0) is 25.1 Å². The summed E-state index contributed by atoms with van der Waals surface area (Å²) in [5.74, 6) is 1.88. The van der Waals surface area contributed by atoms with E-state index in [-0.39, 0.29) is 12.7 Å². The SMILES string of the molecule is Cc1cc(CCNC(=O)c2ccc3c(c2)OCO3)no1. The summed E-state index contributed by atoms with van der Waals surface area (Å²) in [5, 5.41) is 6.70. The Bertz CT molecular complexity index is 636. The number of nitrogens with one attached hydrogen (secondary N) is 1. The van der Waals surface area contributed by atoms with E-state index >= 15 is 0 Å². The molecule has 2 aromatic rings. The zero-order chi connectivity index (χ0) is 13.9. The predicted molar refractivity (Wildman–Crippen MR) is 69.8 cm³/mol. The van der Waals surface area contributed by atoms with Gasteiger partial charge >= 0.3 is 0 Å². The fourth-order valence-corrected chi connectivity index (χ4v) is 1.98. The molecular formula is C14H14N2O4. The van der Waals surface area contributed by atoms with E-state index < -0.39 is 0 Å². The Hall–Kier alpha value is -2.50. The van der Waals surface area contributed by atoms with Crippen molar-refractivity contribution in [1.29, 1.82) is 0 Å². The Morgan fingerprint density at radius 1 is 1.30 bits per heavy atom. The number of rotatable bonds is 4. The maximum Gasteiger partial charge on any atom is 0.251 e. The molecule has 1 aliphatic rings. The minimum atomic E-state index is -0.150. The van der Waals surface area contributed by atoms with E-state index in [1.165, 1.54) is 0 Å². The molecule has 104 valence electrons. The molecule has 0 bridgehead atoms. The number of amides is 1. The van der Waals surface area contributed by atoms with Crippen LogP contribution in [0.15, 0.2) is 28.8 Å². The predicted octanol–water partition coefficient (Wildman–Crippen LogP) is 1.68. The fourth-order valence-electron chi connectivity index (χ4n) is 1.98. The lowest BCUT2D eigenvalue weighted by Gasteiger charge is -2.04. The van der Waals surface area contributed by atoms with Crippen molar-refractivity contribution >= 4 is 5.91 Å². The van der Waals surface area contributed by atoms with Crippen LogP contribution in [0.4, 0.5) is 0 Å². The van der Waals surface area contributed by atoms with Gasteiger partial charge in [-0.1, -0.05) is 5.16 Å². The van der Waals surface area contributed by atoms with E-state index in [4.69, 9.17) is 14.0 Å². The van der Waals surface area contributed by atoms with Crippen molar-refractivity contribution in [2.75, 3.05) is 13.3 Å². The van der Waals surface area contributed by atoms with E-state index in [1.807, 2.05) is 13.0 Å². The van der Waals surface area contributed by atoms with Crippen molar-refractivity contribution in [3.05, 3.63) is 41.3 Å². The number of hydrogen-bond donors (Lipinski definition) is 1. The maximum atomic E-state index is 12.0. The molecule has 3 rings (SSSR count). The maximum absolute atomic E-state index is 12.0. The lowest BCUT2D eigenvalue weighted by atomic mass is 10.2. The number of ether oxygens (including phenoxy) is 2. The smallest absolute Gasteiger partial charge is 0.251 e. The molecule has 0 saturated heterocycles. The number of carbonyl (C=O) groups is 1.